The highest BCUT2D eigenvalue weighted by Crippen LogP contribution is 2.25. The van der Waals surface area contributed by atoms with Crippen molar-refractivity contribution in [3.8, 4) is 11.4 Å². The van der Waals surface area contributed by atoms with Crippen molar-refractivity contribution in [2.24, 2.45) is 11.5 Å². The van der Waals surface area contributed by atoms with E-state index in [2.05, 4.69) is 20.4 Å². The van der Waals surface area contributed by atoms with Gasteiger partial charge < -0.3 is 46.3 Å². The van der Waals surface area contributed by atoms with E-state index in [1.54, 1.807) is 36.4 Å². The molecule has 0 bridgehead atoms. The van der Waals surface area contributed by atoms with Gasteiger partial charge in [-0.15, -0.1) is 0 Å². The van der Waals surface area contributed by atoms with Gasteiger partial charge in [-0.1, -0.05) is 0 Å². The molecule has 15 nitrogen and oxygen atoms in total. The van der Waals surface area contributed by atoms with Gasteiger partial charge in [0.1, 0.15) is 6.04 Å². The number of nitrogens with two attached hydrogens (primary N) is 2. The number of amides is 4. The van der Waals surface area contributed by atoms with Crippen molar-refractivity contribution in [3.63, 3.8) is 0 Å². The zero-order valence-electron chi connectivity index (χ0n) is 24.7. The van der Waals surface area contributed by atoms with E-state index in [4.69, 9.17) is 35.9 Å². The Morgan fingerprint density at radius 3 is 1.78 bits per heavy atom. The van der Waals surface area contributed by atoms with Gasteiger partial charge in [-0.25, -0.2) is 4.79 Å². The van der Waals surface area contributed by atoms with Crippen LogP contribution >= 0.6 is 0 Å². The molecule has 15 heteroatoms. The average molecular weight is 617 g/mol. The molecule has 45 heavy (non-hydrogen) atoms. The monoisotopic (exact) mass is 616 g/mol. The van der Waals surface area contributed by atoms with Crippen molar-refractivity contribution in [1.82, 2.24) is 19.9 Å². The summed E-state index contributed by atoms with van der Waals surface area (Å²) >= 11 is 0. The molecule has 3 aliphatic heterocycles. The van der Waals surface area contributed by atoms with E-state index in [-0.39, 0.29) is 18.5 Å². The highest BCUT2D eigenvalue weighted by molar-refractivity contribution is 6.01. The van der Waals surface area contributed by atoms with Gasteiger partial charge in [0.05, 0.1) is 26.4 Å². The molecule has 0 aliphatic carbocycles. The van der Waals surface area contributed by atoms with Crippen molar-refractivity contribution >= 4 is 41.1 Å². The summed E-state index contributed by atoms with van der Waals surface area (Å²) in [6.07, 6.45) is 0.336. The number of primary amides is 1. The molecule has 4 amide bonds. The summed E-state index contributed by atoms with van der Waals surface area (Å²) in [6, 6.07) is 12.2. The summed E-state index contributed by atoms with van der Waals surface area (Å²) in [5, 5.41) is 5.57. The number of ether oxygens (including phenoxy) is 2. The van der Waals surface area contributed by atoms with E-state index in [1.807, 2.05) is 12.1 Å². The van der Waals surface area contributed by atoms with Crippen molar-refractivity contribution in [2.45, 2.75) is 18.5 Å². The van der Waals surface area contributed by atoms with Crippen LogP contribution < -0.4 is 31.9 Å². The standard InChI is InChI=1S/C30H36N10O5/c31-21-17-24(25(32)41)40(18-21)27(42)20-3-7-23(8-4-20)34-30(43)33-22-5-1-19(2-6-22)26-35-28(38-9-13-44-14-10-38)37-29(36-26)39-11-15-45-16-12-39/h1-8,21,24H,9-18,31H2,(H2,32,41)(H2,33,34,43). The third-order valence-electron chi connectivity index (χ3n) is 7.91. The summed E-state index contributed by atoms with van der Waals surface area (Å²) in [5.41, 5.74) is 13.6. The van der Waals surface area contributed by atoms with Crippen molar-refractivity contribution in [1.29, 1.82) is 0 Å². The maximum absolute atomic E-state index is 12.9. The van der Waals surface area contributed by atoms with Gasteiger partial charge in [0.2, 0.25) is 17.8 Å². The van der Waals surface area contributed by atoms with E-state index in [9.17, 15) is 14.4 Å². The van der Waals surface area contributed by atoms with Crippen LogP contribution in [0.1, 0.15) is 16.8 Å². The summed E-state index contributed by atoms with van der Waals surface area (Å²) in [7, 11) is 0. The zero-order chi connectivity index (χ0) is 31.3. The minimum atomic E-state index is -0.730. The number of carbonyl (C=O) groups excluding carboxylic acids is 3. The van der Waals surface area contributed by atoms with Gasteiger partial charge in [0.15, 0.2) is 5.82 Å². The van der Waals surface area contributed by atoms with Crippen molar-refractivity contribution < 1.29 is 23.9 Å². The molecular weight excluding hydrogens is 580 g/mol. The van der Waals surface area contributed by atoms with Crippen LogP contribution in [0.2, 0.25) is 0 Å². The van der Waals surface area contributed by atoms with Crippen molar-refractivity contribution in [3.05, 3.63) is 54.1 Å². The van der Waals surface area contributed by atoms with E-state index in [0.717, 1.165) is 5.56 Å². The lowest BCUT2D eigenvalue weighted by Crippen LogP contribution is -2.43. The van der Waals surface area contributed by atoms with E-state index in [1.165, 1.54) is 4.90 Å². The fraction of sp³-hybridized carbons (Fsp3) is 0.400. The van der Waals surface area contributed by atoms with Crippen LogP contribution in [0, 0.1) is 0 Å². The number of aromatic nitrogens is 3. The van der Waals surface area contributed by atoms with Gasteiger partial charge in [-0.2, -0.15) is 15.0 Å². The third-order valence-corrected chi connectivity index (χ3v) is 7.91. The molecule has 0 radical (unpaired) electrons. The van der Waals surface area contributed by atoms with Crippen LogP contribution in [-0.2, 0) is 14.3 Å². The summed E-state index contributed by atoms with van der Waals surface area (Å²) in [6.45, 7) is 5.52. The van der Waals surface area contributed by atoms with Crippen LogP contribution in [-0.4, -0.2) is 109 Å². The molecule has 3 fully saturated rings. The van der Waals surface area contributed by atoms with Crippen LogP contribution in [0.5, 0.6) is 0 Å². The largest absolute Gasteiger partial charge is 0.378 e. The minimum absolute atomic E-state index is 0.255. The molecule has 6 N–H and O–H groups in total. The molecule has 4 heterocycles. The predicted octanol–water partition coefficient (Wildman–Crippen LogP) is 0.883. The number of likely N-dealkylation sites (tertiary alicyclic amines) is 1. The van der Waals surface area contributed by atoms with Crippen molar-refractivity contribution in [2.75, 3.05) is 79.6 Å². The summed E-state index contributed by atoms with van der Waals surface area (Å²) < 4.78 is 11.0. The lowest BCUT2D eigenvalue weighted by Gasteiger charge is -2.30. The number of hydrogen-bond donors (Lipinski definition) is 4. The zero-order valence-corrected chi connectivity index (χ0v) is 24.7. The minimum Gasteiger partial charge on any atom is -0.378 e. The van der Waals surface area contributed by atoms with Gasteiger partial charge in [0, 0.05) is 61.3 Å². The number of nitrogens with one attached hydrogen (secondary N) is 2. The van der Waals surface area contributed by atoms with Crippen LogP contribution in [0.4, 0.5) is 28.1 Å². The van der Waals surface area contributed by atoms with Gasteiger partial charge in [-0.05, 0) is 55.0 Å². The van der Waals surface area contributed by atoms with Crippen LogP contribution in [0.15, 0.2) is 48.5 Å². The Labute approximate surface area is 259 Å². The fourth-order valence-corrected chi connectivity index (χ4v) is 5.51. The predicted molar refractivity (Wildman–Crippen MR) is 167 cm³/mol. The molecule has 0 spiro atoms. The second-order valence-electron chi connectivity index (χ2n) is 11.1. The second kappa shape index (κ2) is 13.4. The van der Waals surface area contributed by atoms with E-state index >= 15 is 0 Å². The van der Waals surface area contributed by atoms with Crippen LogP contribution in [0.25, 0.3) is 11.4 Å². The van der Waals surface area contributed by atoms with E-state index < -0.39 is 18.0 Å². The first kappa shape index (κ1) is 30.2. The molecule has 2 unspecified atom stereocenters. The first-order chi connectivity index (χ1) is 21.8. The number of carbonyl (C=O) groups is 3. The highest BCUT2D eigenvalue weighted by Gasteiger charge is 2.37. The maximum atomic E-state index is 12.9. The number of morpholine rings is 2. The topological polar surface area (TPSA) is 194 Å². The fourth-order valence-electron chi connectivity index (χ4n) is 5.51. The van der Waals surface area contributed by atoms with Gasteiger partial charge in [-0.3, -0.25) is 9.59 Å². The Bertz CT molecular complexity index is 1490. The number of urea groups is 1. The average Bonchev–Trinajstić information content (AvgIpc) is 3.47. The molecule has 3 saturated heterocycles. The Kier molecular flexibility index (Phi) is 9.00. The SMILES string of the molecule is NC(=O)C1CC(N)CN1C(=O)c1ccc(NC(=O)Nc2ccc(-c3nc(N4CCOCC4)nc(N4CCOCC4)n3)cc2)cc1. The lowest BCUT2D eigenvalue weighted by molar-refractivity contribution is -0.121. The number of anilines is 4. The Morgan fingerprint density at radius 2 is 1.27 bits per heavy atom. The maximum Gasteiger partial charge on any atom is 0.323 e. The normalized spacial score (nSPS) is 20.2. The van der Waals surface area contributed by atoms with Crippen LogP contribution in [0.3, 0.4) is 0 Å². The molecule has 2 aromatic carbocycles. The first-order valence-electron chi connectivity index (χ1n) is 14.9. The molecule has 3 aromatic rings. The van der Waals surface area contributed by atoms with E-state index in [0.29, 0.717) is 93.7 Å². The Hall–Kier alpha value is -4.86. The number of benzene rings is 2. The quantitative estimate of drug-likeness (QED) is 0.294. The lowest BCUT2D eigenvalue weighted by atomic mass is 10.1. The number of hydrogen-bond acceptors (Lipinski definition) is 11. The summed E-state index contributed by atoms with van der Waals surface area (Å²) in [4.78, 5) is 57.3. The molecule has 3 aliphatic rings. The second-order valence-corrected chi connectivity index (χ2v) is 11.1. The molecule has 236 valence electrons. The molecule has 6 rings (SSSR count). The summed E-state index contributed by atoms with van der Waals surface area (Å²) in [5.74, 6) is 0.835. The first-order valence-corrected chi connectivity index (χ1v) is 14.9. The number of rotatable bonds is 7. The van der Waals surface area contributed by atoms with Gasteiger partial charge in [0.25, 0.3) is 5.91 Å². The van der Waals surface area contributed by atoms with Gasteiger partial charge >= 0.3 is 6.03 Å². The highest BCUT2D eigenvalue weighted by atomic mass is 16.5. The third kappa shape index (κ3) is 7.11. The molecule has 0 saturated carbocycles. The molecule has 1 aromatic heterocycles. The molecule has 2 atom stereocenters. The Morgan fingerprint density at radius 1 is 0.756 bits per heavy atom. The molecular formula is C30H36N10O5. The number of nitrogens with zero attached hydrogens (tertiary/aromatic N) is 6. The Balaban J connectivity index is 1.10. The smallest absolute Gasteiger partial charge is 0.323 e.